The van der Waals surface area contributed by atoms with Crippen molar-refractivity contribution in [2.24, 2.45) is 5.92 Å². The summed E-state index contributed by atoms with van der Waals surface area (Å²) in [7, 11) is 8.67. The Bertz CT molecular complexity index is 35.9. The zero-order valence-electron chi connectivity index (χ0n) is 5.02. The van der Waals surface area contributed by atoms with Crippen LogP contribution in [0.3, 0.4) is 0 Å². The molecule has 3 heteroatoms. The van der Waals surface area contributed by atoms with Crippen LogP contribution in [0.5, 0.6) is 0 Å². The quantitative estimate of drug-likeness (QED) is 0.441. The number of hydrogen-bond acceptors (Lipinski definition) is 0. The Morgan fingerprint density at radius 3 is 2.29 bits per heavy atom. The Labute approximate surface area is 48.9 Å². The molecular formula is C4H9B3. The molecule has 0 rings (SSSR count). The Morgan fingerprint density at radius 2 is 2.14 bits per heavy atom. The van der Waals surface area contributed by atoms with Crippen molar-refractivity contribution in [1.82, 2.24) is 0 Å². The molecule has 0 heterocycles. The van der Waals surface area contributed by atoms with E-state index in [0.717, 1.165) is 12.2 Å². The van der Waals surface area contributed by atoms with Crippen LogP contribution >= 0.6 is 0 Å². The lowest BCUT2D eigenvalue weighted by Gasteiger charge is -1.97. The van der Waals surface area contributed by atoms with Gasteiger partial charge in [0.25, 0.3) is 0 Å². The lowest BCUT2D eigenvalue weighted by atomic mass is 9.26. The molecule has 0 aliphatic carbocycles. The molecule has 0 saturated carbocycles. The summed E-state index contributed by atoms with van der Waals surface area (Å²) >= 11 is 0. The van der Waals surface area contributed by atoms with Crippen molar-refractivity contribution >= 4 is 22.0 Å². The van der Waals surface area contributed by atoms with Crippen molar-refractivity contribution < 1.29 is 0 Å². The second kappa shape index (κ2) is 4.36. The first-order valence-electron chi connectivity index (χ1n) is 2.64. The molecule has 0 N–H and O–H groups in total. The van der Waals surface area contributed by atoms with E-state index in [1.165, 1.54) is 0 Å². The molecule has 4 radical (unpaired) electrons. The van der Waals surface area contributed by atoms with Gasteiger partial charge >= 0.3 is 0 Å². The number of rotatable bonds is 3. The van der Waals surface area contributed by atoms with Gasteiger partial charge in [-0.2, -0.15) is 0 Å². The summed E-state index contributed by atoms with van der Waals surface area (Å²) in [6, 6.07) is 0. The molecular weight excluding hydrogens is 80.5 g/mol. The summed E-state index contributed by atoms with van der Waals surface area (Å²) in [6.07, 6.45) is 1.09. The van der Waals surface area contributed by atoms with Gasteiger partial charge in [-0.05, 0) is 0 Å². The highest BCUT2D eigenvalue weighted by Gasteiger charge is 1.90. The van der Waals surface area contributed by atoms with Crippen LogP contribution < -0.4 is 0 Å². The van der Waals surface area contributed by atoms with Crippen molar-refractivity contribution in [2.75, 3.05) is 0 Å². The molecule has 0 amide bonds. The molecule has 0 nitrogen and oxygen atoms in total. The van der Waals surface area contributed by atoms with Crippen LogP contribution in [-0.4, -0.2) is 22.0 Å². The Morgan fingerprint density at radius 1 is 1.57 bits per heavy atom. The minimum atomic E-state index is 0.736. The van der Waals surface area contributed by atoms with Crippen molar-refractivity contribution in [2.45, 2.75) is 20.2 Å². The van der Waals surface area contributed by atoms with Gasteiger partial charge < -0.3 is 0 Å². The molecule has 0 atom stereocenters. The molecule has 0 saturated heterocycles. The predicted molar refractivity (Wildman–Crippen MR) is 36.9 cm³/mol. The zero-order valence-corrected chi connectivity index (χ0v) is 5.02. The molecule has 0 aliphatic heterocycles. The maximum Gasteiger partial charge on any atom is 0.0547 e. The fourth-order valence-electron chi connectivity index (χ4n) is 0.351. The van der Waals surface area contributed by atoms with E-state index < -0.39 is 0 Å². The van der Waals surface area contributed by atoms with Gasteiger partial charge in [-0.15, -0.1) is 0 Å². The third-order valence-corrected chi connectivity index (χ3v) is 0.744. The molecule has 0 fully saturated rings. The fraction of sp³-hybridized carbons (Fsp3) is 1.00. The Balaban J connectivity index is 2.68. The highest BCUT2D eigenvalue weighted by molar-refractivity contribution is 7.23. The molecule has 0 aliphatic rings. The van der Waals surface area contributed by atoms with Crippen molar-refractivity contribution in [3.8, 4) is 0 Å². The van der Waals surface area contributed by atoms with E-state index in [-0.39, 0.29) is 0 Å². The molecule has 0 unspecified atom stereocenters. The van der Waals surface area contributed by atoms with Crippen LogP contribution in [0.2, 0.25) is 6.32 Å². The van der Waals surface area contributed by atoms with E-state index in [9.17, 15) is 0 Å². The van der Waals surface area contributed by atoms with Gasteiger partial charge in [0.2, 0.25) is 0 Å². The summed E-state index contributed by atoms with van der Waals surface area (Å²) in [4.78, 5) is 0. The fourth-order valence-corrected chi connectivity index (χ4v) is 0.351. The summed E-state index contributed by atoms with van der Waals surface area (Å²) in [5.41, 5.74) is 0. The van der Waals surface area contributed by atoms with Gasteiger partial charge in [-0.25, -0.2) is 0 Å². The minimum absolute atomic E-state index is 0.736. The maximum absolute atomic E-state index is 5.10. The first kappa shape index (κ1) is 7.19. The summed E-state index contributed by atoms with van der Waals surface area (Å²) < 4.78 is 0. The normalized spacial score (nSPS) is 9.00. The minimum Gasteiger partial charge on any atom is -0.0872 e. The third-order valence-electron chi connectivity index (χ3n) is 0.744. The molecule has 0 bridgehead atoms. The topological polar surface area (TPSA) is 0 Å². The maximum atomic E-state index is 5.10. The monoisotopic (exact) mass is 90.1 g/mol. The van der Waals surface area contributed by atoms with Gasteiger partial charge in [0.15, 0.2) is 0 Å². The smallest absolute Gasteiger partial charge is 0.0547 e. The van der Waals surface area contributed by atoms with Crippen LogP contribution in [0.15, 0.2) is 0 Å². The summed E-state index contributed by atoms with van der Waals surface area (Å²) in [6.45, 7) is 4.33. The average Bonchev–Trinajstić information content (AvgIpc) is 1.61. The average molecular weight is 89.6 g/mol. The largest absolute Gasteiger partial charge is 0.0872 e. The van der Waals surface area contributed by atoms with Gasteiger partial charge in [0.05, 0.1) is 7.17 Å². The molecule has 34 valence electrons. The Hall–Kier alpha value is 0.195. The van der Waals surface area contributed by atoms with Crippen molar-refractivity contribution in [3.05, 3.63) is 0 Å². The van der Waals surface area contributed by atoms with Crippen molar-refractivity contribution in [1.29, 1.82) is 0 Å². The molecule has 0 aromatic carbocycles. The second-order valence-corrected chi connectivity index (χ2v) is 2.06. The number of hydrogen-bond donors (Lipinski definition) is 0. The van der Waals surface area contributed by atoms with Crippen LogP contribution in [0.4, 0.5) is 0 Å². The zero-order chi connectivity index (χ0) is 5.70. The highest BCUT2D eigenvalue weighted by atomic mass is 13.8. The lowest BCUT2D eigenvalue weighted by molar-refractivity contribution is 0.734. The van der Waals surface area contributed by atoms with Crippen molar-refractivity contribution in [3.63, 3.8) is 0 Å². The van der Waals surface area contributed by atoms with Gasteiger partial charge in [-0.1, -0.05) is 26.1 Å². The summed E-state index contributed by atoms with van der Waals surface area (Å²) in [5.74, 6) is 0.736. The van der Waals surface area contributed by atoms with Crippen LogP contribution in [-0.2, 0) is 0 Å². The predicted octanol–water partition coefficient (Wildman–Crippen LogP) is 0.468. The van der Waals surface area contributed by atoms with Gasteiger partial charge in [0.1, 0.15) is 0 Å². The molecule has 0 aromatic heterocycles. The summed E-state index contributed by atoms with van der Waals surface area (Å²) in [5, 5.41) is 0. The van der Waals surface area contributed by atoms with Crippen LogP contribution in [0.25, 0.3) is 0 Å². The third kappa shape index (κ3) is 6.19. The first-order valence-corrected chi connectivity index (χ1v) is 2.64. The first-order chi connectivity index (χ1) is 3.27. The molecule has 0 aromatic rings. The SMILES string of the molecule is [B][B][B]CC(C)C. The molecule has 7 heavy (non-hydrogen) atoms. The van der Waals surface area contributed by atoms with E-state index in [4.69, 9.17) is 7.74 Å². The standard InChI is InChI=1S/C4H9B3/c1-4(2)3-6-7-5/h4H,3H2,1-2H3. The van der Waals surface area contributed by atoms with Gasteiger partial charge in [-0.3, -0.25) is 0 Å². The van der Waals surface area contributed by atoms with E-state index in [1.54, 1.807) is 7.06 Å². The second-order valence-electron chi connectivity index (χ2n) is 2.06. The lowest BCUT2D eigenvalue weighted by Crippen LogP contribution is -2.05. The van der Waals surface area contributed by atoms with Gasteiger partial charge in [0, 0.05) is 14.8 Å². The van der Waals surface area contributed by atoms with E-state index >= 15 is 0 Å². The Kier molecular flexibility index (Phi) is 4.48. The van der Waals surface area contributed by atoms with Crippen LogP contribution in [0, 0.1) is 5.92 Å². The molecule has 0 spiro atoms. The van der Waals surface area contributed by atoms with Crippen LogP contribution in [0.1, 0.15) is 13.8 Å². The van der Waals surface area contributed by atoms with E-state index in [0.29, 0.717) is 0 Å². The van der Waals surface area contributed by atoms with E-state index in [2.05, 4.69) is 13.8 Å². The van der Waals surface area contributed by atoms with E-state index in [1.807, 2.05) is 7.17 Å². The highest BCUT2D eigenvalue weighted by Crippen LogP contribution is 1.95.